The molecule has 4 aromatic carbocycles. The lowest BCUT2D eigenvalue weighted by atomic mass is 9.97. The smallest absolute Gasteiger partial charge is 0.142 e. The van der Waals surface area contributed by atoms with Crippen LogP contribution in [-0.2, 0) is 19.8 Å². The van der Waals surface area contributed by atoms with Gasteiger partial charge in [-0.3, -0.25) is 4.90 Å². The second-order valence-corrected chi connectivity index (χ2v) is 9.99. The van der Waals surface area contributed by atoms with E-state index in [9.17, 15) is 10.4 Å². The van der Waals surface area contributed by atoms with Crippen molar-refractivity contribution in [3.05, 3.63) is 118 Å². The van der Waals surface area contributed by atoms with Gasteiger partial charge in [-0.1, -0.05) is 72.3 Å². The standard InChI is InChI=1S/C32H29ClN2O3/c1-22-26(11-6-12-29(22)25-9-3-2-4-10-25)21-38-32-15-31(37-20-24-8-5-7-23(13-24)16-34)27(14-30(32)33)17-35-18-28(36)19-35/h2-15,28,36H,17-21H2,1H3. The van der Waals surface area contributed by atoms with Gasteiger partial charge in [0.1, 0.15) is 24.7 Å². The molecule has 192 valence electrons. The predicted octanol–water partition coefficient (Wildman–Crippen LogP) is 6.52. The average molecular weight is 525 g/mol. The molecular weight excluding hydrogens is 496 g/mol. The van der Waals surface area contributed by atoms with Crippen molar-refractivity contribution in [2.45, 2.75) is 32.8 Å². The maximum absolute atomic E-state index is 9.71. The Kier molecular flexibility index (Phi) is 7.95. The minimum Gasteiger partial charge on any atom is -0.488 e. The van der Waals surface area contributed by atoms with E-state index in [1.54, 1.807) is 6.07 Å². The van der Waals surface area contributed by atoms with Crippen LogP contribution in [0.15, 0.2) is 84.9 Å². The van der Waals surface area contributed by atoms with Crippen molar-refractivity contribution in [3.63, 3.8) is 0 Å². The highest BCUT2D eigenvalue weighted by Gasteiger charge is 2.25. The Morgan fingerprint density at radius 2 is 1.66 bits per heavy atom. The van der Waals surface area contributed by atoms with Crippen molar-refractivity contribution in [1.29, 1.82) is 5.26 Å². The first-order valence-electron chi connectivity index (χ1n) is 12.6. The van der Waals surface area contributed by atoms with Crippen LogP contribution in [0.2, 0.25) is 5.02 Å². The normalized spacial score (nSPS) is 13.5. The minimum atomic E-state index is -0.291. The van der Waals surface area contributed by atoms with Gasteiger partial charge in [0, 0.05) is 31.3 Å². The van der Waals surface area contributed by atoms with E-state index in [0.717, 1.165) is 22.3 Å². The number of β-amino-alcohol motifs (C(OH)–C–C–N with tert-alkyl or cyclic N) is 1. The van der Waals surface area contributed by atoms with Gasteiger partial charge in [0.05, 0.1) is 22.8 Å². The zero-order chi connectivity index (χ0) is 26.5. The lowest BCUT2D eigenvalue weighted by molar-refractivity contribution is -0.00334. The molecule has 0 radical (unpaired) electrons. The van der Waals surface area contributed by atoms with Gasteiger partial charge in [0.25, 0.3) is 0 Å². The number of likely N-dealkylation sites (tertiary alicyclic amines) is 1. The second kappa shape index (κ2) is 11.7. The van der Waals surface area contributed by atoms with Gasteiger partial charge in [0.2, 0.25) is 0 Å². The number of nitrogens with zero attached hydrogens (tertiary/aromatic N) is 2. The number of ether oxygens (including phenoxy) is 2. The van der Waals surface area contributed by atoms with Crippen molar-refractivity contribution in [2.75, 3.05) is 13.1 Å². The Balaban J connectivity index is 1.37. The van der Waals surface area contributed by atoms with Crippen molar-refractivity contribution in [1.82, 2.24) is 4.90 Å². The predicted molar refractivity (Wildman–Crippen MR) is 149 cm³/mol. The fraction of sp³-hybridized carbons (Fsp3) is 0.219. The van der Waals surface area contributed by atoms with E-state index in [1.165, 1.54) is 11.1 Å². The maximum atomic E-state index is 9.71. The van der Waals surface area contributed by atoms with Crippen LogP contribution >= 0.6 is 11.6 Å². The van der Waals surface area contributed by atoms with Crippen LogP contribution in [0, 0.1) is 18.3 Å². The molecule has 4 aromatic rings. The molecule has 0 bridgehead atoms. The molecule has 1 aliphatic heterocycles. The Labute approximate surface area is 228 Å². The summed E-state index contributed by atoms with van der Waals surface area (Å²) < 4.78 is 12.5. The van der Waals surface area contributed by atoms with Crippen molar-refractivity contribution in [2.24, 2.45) is 0 Å². The third-order valence-electron chi connectivity index (χ3n) is 6.81. The lowest BCUT2D eigenvalue weighted by Gasteiger charge is -2.36. The number of halogens is 1. The molecule has 0 saturated carbocycles. The SMILES string of the molecule is Cc1c(COc2cc(OCc3cccc(C#N)c3)c(CN3CC(O)C3)cc2Cl)cccc1-c1ccccc1. The minimum absolute atomic E-state index is 0.291. The Morgan fingerprint density at radius 3 is 2.42 bits per heavy atom. The number of rotatable bonds is 9. The van der Waals surface area contributed by atoms with Gasteiger partial charge < -0.3 is 14.6 Å². The van der Waals surface area contributed by atoms with Crippen LogP contribution in [0.4, 0.5) is 0 Å². The highest BCUT2D eigenvalue weighted by molar-refractivity contribution is 6.32. The first-order valence-corrected chi connectivity index (χ1v) is 13.0. The number of benzene rings is 4. The summed E-state index contributed by atoms with van der Waals surface area (Å²) in [5.41, 5.74) is 7.01. The first-order chi connectivity index (χ1) is 18.5. The summed E-state index contributed by atoms with van der Waals surface area (Å²) in [6, 6.07) is 29.8. The number of aliphatic hydroxyl groups excluding tert-OH is 1. The summed E-state index contributed by atoms with van der Waals surface area (Å²) >= 11 is 6.68. The molecule has 0 amide bonds. The zero-order valence-corrected chi connectivity index (χ0v) is 22.0. The van der Waals surface area contributed by atoms with E-state index in [0.29, 0.717) is 54.9 Å². The first kappa shape index (κ1) is 25.8. The summed E-state index contributed by atoms with van der Waals surface area (Å²) in [5, 5.41) is 19.4. The fourth-order valence-corrected chi connectivity index (χ4v) is 4.92. The fourth-order valence-electron chi connectivity index (χ4n) is 4.67. The van der Waals surface area contributed by atoms with Gasteiger partial charge >= 0.3 is 0 Å². The van der Waals surface area contributed by atoms with E-state index in [4.69, 9.17) is 21.1 Å². The Hall–Kier alpha value is -3.82. The molecule has 5 nitrogen and oxygen atoms in total. The molecule has 0 atom stereocenters. The molecule has 1 saturated heterocycles. The van der Waals surface area contributed by atoms with Gasteiger partial charge in [-0.2, -0.15) is 5.26 Å². The molecule has 0 aromatic heterocycles. The highest BCUT2D eigenvalue weighted by Crippen LogP contribution is 2.36. The Morgan fingerprint density at radius 1 is 0.895 bits per heavy atom. The summed E-state index contributed by atoms with van der Waals surface area (Å²) in [5.74, 6) is 1.22. The third kappa shape index (κ3) is 6.00. The summed E-state index contributed by atoms with van der Waals surface area (Å²) in [6.45, 7) is 4.64. The number of hydrogen-bond acceptors (Lipinski definition) is 5. The average Bonchev–Trinajstić information content (AvgIpc) is 2.92. The molecule has 6 heteroatoms. The maximum Gasteiger partial charge on any atom is 0.142 e. The third-order valence-corrected chi connectivity index (χ3v) is 7.11. The summed E-state index contributed by atoms with van der Waals surface area (Å²) in [4.78, 5) is 2.14. The zero-order valence-electron chi connectivity index (χ0n) is 21.2. The molecule has 0 aliphatic carbocycles. The van der Waals surface area contributed by atoms with E-state index in [1.807, 2.05) is 54.6 Å². The van der Waals surface area contributed by atoms with Crippen LogP contribution in [0.5, 0.6) is 11.5 Å². The van der Waals surface area contributed by atoms with E-state index < -0.39 is 0 Å². The molecule has 1 fully saturated rings. The van der Waals surface area contributed by atoms with Crippen molar-refractivity contribution < 1.29 is 14.6 Å². The molecule has 38 heavy (non-hydrogen) atoms. The van der Waals surface area contributed by atoms with Crippen molar-refractivity contribution in [3.8, 4) is 28.7 Å². The van der Waals surface area contributed by atoms with Gasteiger partial charge in [-0.05, 0) is 52.9 Å². The van der Waals surface area contributed by atoms with Crippen LogP contribution in [0.1, 0.15) is 27.8 Å². The molecule has 1 heterocycles. The molecule has 5 rings (SSSR count). The largest absolute Gasteiger partial charge is 0.488 e. The lowest BCUT2D eigenvalue weighted by Crippen LogP contribution is -2.49. The quantitative estimate of drug-likeness (QED) is 0.270. The molecule has 0 unspecified atom stereocenters. The van der Waals surface area contributed by atoms with Crippen LogP contribution in [0.3, 0.4) is 0 Å². The van der Waals surface area contributed by atoms with E-state index in [2.05, 4.69) is 42.2 Å². The molecule has 1 aliphatic rings. The summed E-state index contributed by atoms with van der Waals surface area (Å²) in [7, 11) is 0. The number of aliphatic hydroxyl groups is 1. The van der Waals surface area contributed by atoms with Gasteiger partial charge in [-0.15, -0.1) is 0 Å². The van der Waals surface area contributed by atoms with Crippen LogP contribution < -0.4 is 9.47 Å². The number of hydrogen-bond donors (Lipinski definition) is 1. The van der Waals surface area contributed by atoms with Crippen molar-refractivity contribution >= 4 is 11.6 Å². The van der Waals surface area contributed by atoms with Crippen LogP contribution in [0.25, 0.3) is 11.1 Å². The molecular formula is C32H29ClN2O3. The van der Waals surface area contributed by atoms with Gasteiger partial charge in [0.15, 0.2) is 0 Å². The second-order valence-electron chi connectivity index (χ2n) is 9.58. The van der Waals surface area contributed by atoms with E-state index >= 15 is 0 Å². The molecule has 0 spiro atoms. The molecule has 1 N–H and O–H groups in total. The summed E-state index contributed by atoms with van der Waals surface area (Å²) in [6.07, 6.45) is -0.291. The monoisotopic (exact) mass is 524 g/mol. The van der Waals surface area contributed by atoms with E-state index in [-0.39, 0.29) is 6.10 Å². The Bertz CT molecular complexity index is 1460. The van der Waals surface area contributed by atoms with Gasteiger partial charge in [-0.25, -0.2) is 0 Å². The highest BCUT2D eigenvalue weighted by atomic mass is 35.5. The number of nitriles is 1. The van der Waals surface area contributed by atoms with Crippen LogP contribution in [-0.4, -0.2) is 29.2 Å². The topological polar surface area (TPSA) is 65.7 Å².